The monoisotopic (exact) mass is 274 g/mol. The van der Waals surface area contributed by atoms with Crippen molar-refractivity contribution in [2.75, 3.05) is 0 Å². The molecule has 0 aliphatic heterocycles. The molecular weight excluding hydrogens is 260 g/mol. The van der Waals surface area contributed by atoms with Gasteiger partial charge in [0.25, 0.3) is 0 Å². The van der Waals surface area contributed by atoms with Crippen molar-refractivity contribution in [1.29, 1.82) is 5.26 Å². The summed E-state index contributed by atoms with van der Waals surface area (Å²) >= 11 is 0. The standard InChI is InChI=1S/C18H14N2O/c1-12-15-7-2-3-8-17(15)20-18(16(12)10-19)14-6-4-5-13(9-14)11-21/h2-9,21H,11H2,1H3. The Balaban J connectivity index is 2.33. The van der Waals surface area contributed by atoms with Crippen molar-refractivity contribution in [2.24, 2.45) is 0 Å². The quantitative estimate of drug-likeness (QED) is 0.777. The lowest BCUT2D eigenvalue weighted by atomic mass is 9.97. The number of para-hydroxylation sites is 1. The average Bonchev–Trinajstić information content (AvgIpc) is 2.55. The predicted octanol–water partition coefficient (Wildman–Crippen LogP) is 3.57. The average molecular weight is 274 g/mol. The molecule has 21 heavy (non-hydrogen) atoms. The van der Waals surface area contributed by atoms with Gasteiger partial charge in [-0.1, -0.05) is 36.4 Å². The molecule has 0 fully saturated rings. The number of hydrogen-bond donors (Lipinski definition) is 1. The first-order chi connectivity index (χ1) is 10.2. The van der Waals surface area contributed by atoms with Crippen LogP contribution in [0.1, 0.15) is 16.7 Å². The number of benzene rings is 2. The molecule has 0 atom stereocenters. The van der Waals surface area contributed by atoms with E-state index in [9.17, 15) is 10.4 Å². The fourth-order valence-electron chi connectivity index (χ4n) is 2.54. The maximum Gasteiger partial charge on any atom is 0.102 e. The largest absolute Gasteiger partial charge is 0.392 e. The lowest BCUT2D eigenvalue weighted by molar-refractivity contribution is 0.282. The van der Waals surface area contributed by atoms with Crippen LogP contribution in [0, 0.1) is 18.3 Å². The summed E-state index contributed by atoms with van der Waals surface area (Å²) in [6, 6.07) is 17.6. The van der Waals surface area contributed by atoms with Crippen molar-refractivity contribution in [3.05, 3.63) is 65.2 Å². The van der Waals surface area contributed by atoms with E-state index in [0.717, 1.165) is 27.6 Å². The lowest BCUT2D eigenvalue weighted by Crippen LogP contribution is -1.96. The van der Waals surface area contributed by atoms with Gasteiger partial charge in [0.2, 0.25) is 0 Å². The Morgan fingerprint density at radius 3 is 2.71 bits per heavy atom. The summed E-state index contributed by atoms with van der Waals surface area (Å²) in [6.45, 7) is 1.92. The molecule has 0 radical (unpaired) electrons. The van der Waals surface area contributed by atoms with Crippen LogP contribution in [0.2, 0.25) is 0 Å². The molecule has 0 unspecified atom stereocenters. The third-order valence-electron chi connectivity index (χ3n) is 3.65. The first kappa shape index (κ1) is 13.3. The SMILES string of the molecule is Cc1c(C#N)c(-c2cccc(CO)c2)nc2ccccc12. The zero-order chi connectivity index (χ0) is 14.8. The van der Waals surface area contributed by atoms with Crippen LogP contribution in [-0.4, -0.2) is 10.1 Å². The zero-order valence-corrected chi connectivity index (χ0v) is 11.7. The second kappa shape index (κ2) is 5.35. The summed E-state index contributed by atoms with van der Waals surface area (Å²) in [4.78, 5) is 4.65. The van der Waals surface area contributed by atoms with E-state index < -0.39 is 0 Å². The van der Waals surface area contributed by atoms with Crippen LogP contribution < -0.4 is 0 Å². The lowest BCUT2D eigenvalue weighted by Gasteiger charge is -2.10. The number of aryl methyl sites for hydroxylation is 1. The van der Waals surface area contributed by atoms with Crippen LogP contribution in [0.15, 0.2) is 48.5 Å². The van der Waals surface area contributed by atoms with Crippen LogP contribution in [0.25, 0.3) is 22.2 Å². The first-order valence-corrected chi connectivity index (χ1v) is 6.74. The summed E-state index contributed by atoms with van der Waals surface area (Å²) in [7, 11) is 0. The molecule has 0 spiro atoms. The normalized spacial score (nSPS) is 10.5. The smallest absolute Gasteiger partial charge is 0.102 e. The maximum atomic E-state index is 9.51. The van der Waals surface area contributed by atoms with E-state index in [1.165, 1.54) is 0 Å². The molecule has 0 aliphatic carbocycles. The fourth-order valence-corrected chi connectivity index (χ4v) is 2.54. The Kier molecular flexibility index (Phi) is 3.39. The molecule has 3 heteroatoms. The number of rotatable bonds is 2. The highest BCUT2D eigenvalue weighted by Gasteiger charge is 2.13. The van der Waals surface area contributed by atoms with Gasteiger partial charge in [0.15, 0.2) is 0 Å². The Morgan fingerprint density at radius 2 is 1.95 bits per heavy atom. The van der Waals surface area contributed by atoms with E-state index in [4.69, 9.17) is 0 Å². The molecule has 0 saturated carbocycles. The molecule has 3 rings (SSSR count). The molecule has 102 valence electrons. The summed E-state index contributed by atoms with van der Waals surface area (Å²) in [6.07, 6.45) is 0. The highest BCUT2D eigenvalue weighted by Crippen LogP contribution is 2.29. The Morgan fingerprint density at radius 1 is 1.14 bits per heavy atom. The third kappa shape index (κ3) is 2.26. The number of pyridine rings is 1. The van der Waals surface area contributed by atoms with Gasteiger partial charge in [-0.2, -0.15) is 5.26 Å². The Bertz CT molecular complexity index is 863. The highest BCUT2D eigenvalue weighted by molar-refractivity contribution is 5.88. The molecule has 1 heterocycles. The van der Waals surface area contributed by atoms with Crippen molar-refractivity contribution in [1.82, 2.24) is 4.98 Å². The maximum absolute atomic E-state index is 9.51. The van der Waals surface area contributed by atoms with E-state index in [0.29, 0.717) is 11.3 Å². The fraction of sp³-hybridized carbons (Fsp3) is 0.111. The van der Waals surface area contributed by atoms with Crippen molar-refractivity contribution in [3.63, 3.8) is 0 Å². The predicted molar refractivity (Wildman–Crippen MR) is 82.6 cm³/mol. The van der Waals surface area contributed by atoms with Crippen LogP contribution >= 0.6 is 0 Å². The third-order valence-corrected chi connectivity index (χ3v) is 3.65. The van der Waals surface area contributed by atoms with Crippen molar-refractivity contribution in [2.45, 2.75) is 13.5 Å². The van der Waals surface area contributed by atoms with Gasteiger partial charge in [0, 0.05) is 10.9 Å². The number of fused-ring (bicyclic) bond motifs is 1. The molecule has 3 aromatic rings. The Labute approximate surface area is 123 Å². The van der Waals surface area contributed by atoms with Crippen LogP contribution in [0.3, 0.4) is 0 Å². The van der Waals surface area contributed by atoms with E-state index in [2.05, 4.69) is 11.1 Å². The van der Waals surface area contributed by atoms with Crippen molar-refractivity contribution >= 4 is 10.9 Å². The minimum Gasteiger partial charge on any atom is -0.392 e. The molecule has 2 aromatic carbocycles. The molecular formula is C18H14N2O. The number of nitriles is 1. The van der Waals surface area contributed by atoms with Gasteiger partial charge in [0.1, 0.15) is 6.07 Å². The van der Waals surface area contributed by atoms with Crippen LogP contribution in [-0.2, 0) is 6.61 Å². The zero-order valence-electron chi connectivity index (χ0n) is 11.7. The van der Waals surface area contributed by atoms with Crippen molar-refractivity contribution in [3.8, 4) is 17.3 Å². The molecule has 1 aromatic heterocycles. The summed E-state index contributed by atoms with van der Waals surface area (Å²) < 4.78 is 0. The minimum absolute atomic E-state index is 0.0255. The van der Waals surface area contributed by atoms with Gasteiger partial charge in [-0.15, -0.1) is 0 Å². The van der Waals surface area contributed by atoms with Crippen molar-refractivity contribution < 1.29 is 5.11 Å². The minimum atomic E-state index is -0.0255. The number of aliphatic hydroxyl groups is 1. The van der Waals surface area contributed by atoms with Gasteiger partial charge in [0.05, 0.1) is 23.4 Å². The Hall–Kier alpha value is -2.70. The highest BCUT2D eigenvalue weighted by atomic mass is 16.3. The molecule has 0 bridgehead atoms. The van der Waals surface area contributed by atoms with Gasteiger partial charge in [-0.25, -0.2) is 4.98 Å². The van der Waals surface area contributed by atoms with E-state index >= 15 is 0 Å². The number of nitrogens with zero attached hydrogens (tertiary/aromatic N) is 2. The van der Waals surface area contributed by atoms with Gasteiger partial charge in [-0.05, 0) is 30.2 Å². The van der Waals surface area contributed by atoms with Crippen LogP contribution in [0.5, 0.6) is 0 Å². The summed E-state index contributed by atoms with van der Waals surface area (Å²) in [5.41, 5.74) is 4.73. The number of aliphatic hydroxyl groups excluding tert-OH is 1. The van der Waals surface area contributed by atoms with E-state index in [1.807, 2.05) is 55.5 Å². The second-order valence-corrected chi connectivity index (χ2v) is 4.95. The molecule has 0 amide bonds. The number of aromatic nitrogens is 1. The van der Waals surface area contributed by atoms with E-state index in [1.54, 1.807) is 0 Å². The molecule has 3 nitrogen and oxygen atoms in total. The van der Waals surface area contributed by atoms with Crippen LogP contribution in [0.4, 0.5) is 0 Å². The molecule has 1 N–H and O–H groups in total. The second-order valence-electron chi connectivity index (χ2n) is 4.95. The molecule has 0 saturated heterocycles. The van der Waals surface area contributed by atoms with Gasteiger partial charge in [-0.3, -0.25) is 0 Å². The number of hydrogen-bond acceptors (Lipinski definition) is 3. The topological polar surface area (TPSA) is 56.9 Å². The van der Waals surface area contributed by atoms with Gasteiger partial charge >= 0.3 is 0 Å². The van der Waals surface area contributed by atoms with E-state index in [-0.39, 0.29) is 6.61 Å². The molecule has 0 aliphatic rings. The van der Waals surface area contributed by atoms with Gasteiger partial charge < -0.3 is 5.11 Å². The summed E-state index contributed by atoms with van der Waals surface area (Å²) in [5.74, 6) is 0. The summed E-state index contributed by atoms with van der Waals surface area (Å²) in [5, 5.41) is 19.8. The first-order valence-electron chi connectivity index (χ1n) is 6.74.